The van der Waals surface area contributed by atoms with Gasteiger partial charge in [0.1, 0.15) is 0 Å². The predicted octanol–water partition coefficient (Wildman–Crippen LogP) is 0.544. The van der Waals surface area contributed by atoms with Gasteiger partial charge in [0.25, 0.3) is 0 Å². The second kappa shape index (κ2) is 3.79. The van der Waals surface area contributed by atoms with E-state index >= 15 is 0 Å². The summed E-state index contributed by atoms with van der Waals surface area (Å²) < 4.78 is 11.8. The van der Waals surface area contributed by atoms with Gasteiger partial charge in [-0.3, -0.25) is 0 Å². The van der Waals surface area contributed by atoms with Crippen molar-refractivity contribution in [3.05, 3.63) is 0 Å². The molecule has 0 aromatic rings. The Morgan fingerprint density at radius 1 is 1.75 bits per heavy atom. The number of halogens is 2. The molecule has 0 N–H and O–H groups in total. The van der Waals surface area contributed by atoms with E-state index in [0.29, 0.717) is 7.08 Å². The number of hydrogen-bond donors (Lipinski definition) is 0. The van der Waals surface area contributed by atoms with Gasteiger partial charge in [0, 0.05) is 0 Å². The van der Waals surface area contributed by atoms with Gasteiger partial charge in [0.05, 0.1) is 0 Å². The second-order valence-electron chi connectivity index (χ2n) is 0.252. The van der Waals surface area contributed by atoms with Crippen LogP contribution in [0.15, 0.2) is 0 Å². The van der Waals surface area contributed by atoms with Crippen LogP contribution in [0.5, 0.6) is 0 Å². The Morgan fingerprint density at radius 2 is 2.00 bits per heavy atom. The van der Waals surface area contributed by atoms with Crippen LogP contribution in [0, 0.1) is 0 Å². The Hall–Kier alpha value is 0.790. The van der Waals surface area contributed by atoms with E-state index in [0.717, 1.165) is 0 Å². The molecular formula is B2FI. The van der Waals surface area contributed by atoms with Gasteiger partial charge in [0.2, 0.25) is 0 Å². The van der Waals surface area contributed by atoms with E-state index < -0.39 is 0 Å². The van der Waals surface area contributed by atoms with Crippen LogP contribution in [0.3, 0.4) is 0 Å². The van der Waals surface area contributed by atoms with Crippen LogP contribution < -0.4 is 0 Å². The van der Waals surface area contributed by atoms with Gasteiger partial charge in [-0.1, -0.05) is 0 Å². The molecular weight excluding hydrogens is 168 g/mol. The Labute approximate surface area is 38.8 Å². The van der Waals surface area contributed by atoms with Crippen molar-refractivity contribution >= 4 is 34.1 Å². The summed E-state index contributed by atoms with van der Waals surface area (Å²) in [5.74, 6) is 0. The van der Waals surface area contributed by atoms with Gasteiger partial charge < -0.3 is 0 Å². The minimum absolute atomic E-state index is 0.487. The van der Waals surface area contributed by atoms with Crippen molar-refractivity contribution in [3.8, 4) is 0 Å². The van der Waals surface area contributed by atoms with E-state index in [1.807, 2.05) is 0 Å². The fourth-order valence-corrected chi connectivity index (χ4v) is 0. The SMILES string of the molecule is FB=BI. The van der Waals surface area contributed by atoms with Crippen LogP contribution in [-0.4, -0.2) is 11.7 Å². The Bertz CT molecular complexity index is 21.2. The molecule has 0 saturated carbocycles. The zero-order valence-corrected chi connectivity index (χ0v) is 4.07. The van der Waals surface area contributed by atoms with Crippen LogP contribution in [0.25, 0.3) is 0 Å². The van der Waals surface area contributed by atoms with Gasteiger partial charge in [-0.15, -0.1) is 0 Å². The summed E-state index contributed by atoms with van der Waals surface area (Å²) in [6.45, 7) is 0. The molecule has 0 saturated heterocycles. The molecule has 0 nitrogen and oxygen atoms in total. The zero-order chi connectivity index (χ0) is 3.41. The molecule has 0 radical (unpaired) electrons. The quantitative estimate of drug-likeness (QED) is 0.365. The van der Waals surface area contributed by atoms with Gasteiger partial charge >= 0.3 is 38.4 Å². The van der Waals surface area contributed by atoms with E-state index in [1.165, 1.54) is 4.66 Å². The maximum atomic E-state index is 10.5. The van der Waals surface area contributed by atoms with Crippen molar-refractivity contribution in [2.24, 2.45) is 0 Å². The van der Waals surface area contributed by atoms with Crippen LogP contribution >= 0.6 is 22.4 Å². The summed E-state index contributed by atoms with van der Waals surface area (Å²) in [5.41, 5.74) is 0. The normalized spacial score (nSPS) is 5.50. The van der Waals surface area contributed by atoms with Crippen LogP contribution in [0.4, 0.5) is 4.32 Å². The Balaban J connectivity index is 2.55. The Morgan fingerprint density at radius 3 is 2.00 bits per heavy atom. The Kier molecular flexibility index (Phi) is 4.54. The van der Waals surface area contributed by atoms with Crippen LogP contribution in [0.2, 0.25) is 0 Å². The first-order valence-corrected chi connectivity index (χ1v) is 2.02. The molecule has 0 aromatic heterocycles. The second-order valence-corrected chi connectivity index (χ2v) is 0.971. The molecule has 20 valence electrons. The topological polar surface area (TPSA) is 0 Å². The molecule has 0 spiro atoms. The first-order valence-electron chi connectivity index (χ1n) is 0.770. The third kappa shape index (κ3) is 2.79. The van der Waals surface area contributed by atoms with Crippen molar-refractivity contribution in [1.82, 2.24) is 0 Å². The van der Waals surface area contributed by atoms with Gasteiger partial charge in [-0.2, -0.15) is 0 Å². The standard InChI is InChI=1S/B2FI/c3-1-2-4. The number of rotatable bonds is 0. The number of hydrogen-bond acceptors (Lipinski definition) is 0. The fraction of sp³-hybridized carbons (Fsp3) is 0. The maximum absolute atomic E-state index is 10.5. The molecule has 0 amide bonds. The summed E-state index contributed by atoms with van der Waals surface area (Å²) in [6, 6.07) is 0. The molecule has 0 aliphatic heterocycles. The van der Waals surface area contributed by atoms with Crippen molar-refractivity contribution in [2.75, 3.05) is 0 Å². The molecule has 0 rings (SSSR count). The molecule has 0 aliphatic rings. The van der Waals surface area contributed by atoms with E-state index in [-0.39, 0.29) is 0 Å². The van der Waals surface area contributed by atoms with Gasteiger partial charge in [-0.25, -0.2) is 0 Å². The van der Waals surface area contributed by atoms with E-state index in [9.17, 15) is 4.32 Å². The van der Waals surface area contributed by atoms with E-state index in [1.54, 1.807) is 22.4 Å². The molecule has 0 unspecified atom stereocenters. The summed E-state index contributed by atoms with van der Waals surface area (Å²) in [5, 5.41) is 0. The summed E-state index contributed by atoms with van der Waals surface area (Å²) in [4.78, 5) is 0. The van der Waals surface area contributed by atoms with Crippen LogP contribution in [0.1, 0.15) is 0 Å². The molecule has 0 fully saturated rings. The summed E-state index contributed by atoms with van der Waals surface area (Å²) in [7, 11) is 0.487. The molecule has 4 heavy (non-hydrogen) atoms. The van der Waals surface area contributed by atoms with E-state index in [2.05, 4.69) is 0 Å². The van der Waals surface area contributed by atoms with Crippen molar-refractivity contribution < 1.29 is 4.32 Å². The minimum atomic E-state index is 0.487. The van der Waals surface area contributed by atoms with Gasteiger partial charge in [-0.05, 0) is 0 Å². The van der Waals surface area contributed by atoms with Crippen molar-refractivity contribution in [1.29, 1.82) is 0 Å². The zero-order valence-electron chi connectivity index (χ0n) is 1.91. The first kappa shape index (κ1) is 4.79. The monoisotopic (exact) mass is 168 g/mol. The summed E-state index contributed by atoms with van der Waals surface area (Å²) >= 11 is 1.80. The first-order chi connectivity index (χ1) is 1.91. The third-order valence-electron chi connectivity index (χ3n) is 0.0476. The molecule has 0 heterocycles. The molecule has 0 aliphatic carbocycles. The molecule has 0 aromatic carbocycles. The molecule has 0 bridgehead atoms. The van der Waals surface area contributed by atoms with Crippen molar-refractivity contribution in [3.63, 3.8) is 0 Å². The average Bonchev–Trinajstić information content (AvgIpc) is 1.37. The fourth-order valence-electron chi connectivity index (χ4n) is 0. The third-order valence-corrected chi connectivity index (χ3v) is 0.319. The van der Waals surface area contributed by atoms with Crippen molar-refractivity contribution in [2.45, 2.75) is 0 Å². The van der Waals surface area contributed by atoms with Gasteiger partial charge in [0.15, 0.2) is 0 Å². The predicted molar refractivity (Wildman–Crippen MR) is 26.6 cm³/mol. The van der Waals surface area contributed by atoms with Crippen LogP contribution in [-0.2, 0) is 0 Å². The molecule has 0 atom stereocenters. The average molecular weight is 168 g/mol. The van der Waals surface area contributed by atoms with E-state index in [4.69, 9.17) is 0 Å². The summed E-state index contributed by atoms with van der Waals surface area (Å²) in [6.07, 6.45) is 0. The molecule has 4 heteroatoms.